The molecule has 3 aromatic rings. The van der Waals surface area contributed by atoms with Gasteiger partial charge in [-0.1, -0.05) is 106 Å². The van der Waals surface area contributed by atoms with Crippen LogP contribution >= 0.6 is 8.03 Å². The van der Waals surface area contributed by atoms with Crippen LogP contribution in [0.25, 0.3) is 0 Å². The van der Waals surface area contributed by atoms with Crippen molar-refractivity contribution in [1.29, 1.82) is 0 Å². The van der Waals surface area contributed by atoms with E-state index in [-0.39, 0.29) is 10.8 Å². The first kappa shape index (κ1) is 28.9. The normalized spacial score (nSPS) is 18.7. The van der Waals surface area contributed by atoms with Gasteiger partial charge in [-0.15, -0.1) is 0 Å². The van der Waals surface area contributed by atoms with Crippen molar-refractivity contribution in [2.75, 3.05) is 7.11 Å². The van der Waals surface area contributed by atoms with Crippen LogP contribution in [0.4, 0.5) is 0 Å². The molecule has 2 aliphatic carbocycles. The van der Waals surface area contributed by atoms with E-state index in [1.807, 2.05) is 37.4 Å². The third-order valence-corrected chi connectivity index (χ3v) is 10.6. The molecule has 0 aliphatic heterocycles. The predicted octanol–water partition coefficient (Wildman–Crippen LogP) is 9.79. The van der Waals surface area contributed by atoms with Gasteiger partial charge in [0.15, 0.2) is 5.75 Å². The van der Waals surface area contributed by atoms with E-state index < -0.39 is 8.03 Å². The fourth-order valence-corrected chi connectivity index (χ4v) is 8.20. The Bertz CT molecular complexity index is 1350. The summed E-state index contributed by atoms with van der Waals surface area (Å²) in [7, 11) is -0.218. The monoisotopic (exact) mass is 557 g/mol. The van der Waals surface area contributed by atoms with Gasteiger partial charge in [-0.2, -0.15) is 0 Å². The zero-order chi connectivity index (χ0) is 28.3. The van der Waals surface area contributed by atoms with Gasteiger partial charge in [-0.05, 0) is 72.6 Å². The Balaban J connectivity index is 1.63. The molecule has 0 saturated heterocycles. The Hall–Kier alpha value is -2.64. The van der Waals surface area contributed by atoms with Crippen molar-refractivity contribution >= 4 is 13.3 Å². The SMILES string of the molecule is COc1c(Cc2cc(C)cc(C3(C)CCCCC3)c2O[P+](=O)c2ccccc2)cc(C)cc1C1(C)CCCCC1. The van der Waals surface area contributed by atoms with Crippen molar-refractivity contribution in [3.05, 3.63) is 88.0 Å². The molecule has 4 heteroatoms. The Labute approximate surface area is 242 Å². The zero-order valence-corrected chi connectivity index (χ0v) is 26.0. The van der Waals surface area contributed by atoms with E-state index in [2.05, 4.69) is 52.0 Å². The maximum Gasteiger partial charge on any atom is 0.597 e. The van der Waals surface area contributed by atoms with Gasteiger partial charge in [0.1, 0.15) is 5.75 Å². The van der Waals surface area contributed by atoms with Crippen LogP contribution in [-0.4, -0.2) is 7.11 Å². The van der Waals surface area contributed by atoms with Crippen molar-refractivity contribution in [3.63, 3.8) is 0 Å². The van der Waals surface area contributed by atoms with E-state index in [9.17, 15) is 4.57 Å². The van der Waals surface area contributed by atoms with Crippen LogP contribution in [0, 0.1) is 13.8 Å². The van der Waals surface area contributed by atoms with Crippen LogP contribution in [0.15, 0.2) is 54.6 Å². The molecular formula is C36H46O3P+. The van der Waals surface area contributed by atoms with E-state index in [1.54, 1.807) is 0 Å². The molecule has 3 aromatic carbocycles. The van der Waals surface area contributed by atoms with E-state index >= 15 is 0 Å². The minimum atomic E-state index is -2.04. The Morgan fingerprint density at radius 2 is 1.18 bits per heavy atom. The second-order valence-electron chi connectivity index (χ2n) is 12.9. The lowest BCUT2D eigenvalue weighted by atomic mass is 9.69. The Kier molecular flexibility index (Phi) is 8.72. The molecule has 2 aliphatic rings. The summed E-state index contributed by atoms with van der Waals surface area (Å²) in [5.41, 5.74) is 7.49. The lowest BCUT2D eigenvalue weighted by Crippen LogP contribution is -2.27. The van der Waals surface area contributed by atoms with Gasteiger partial charge in [0.05, 0.1) is 7.11 Å². The highest BCUT2D eigenvalue weighted by atomic mass is 31.1. The second-order valence-corrected chi connectivity index (χ2v) is 14.1. The minimum absolute atomic E-state index is 0.0125. The first-order chi connectivity index (χ1) is 19.2. The number of aryl methyl sites for hydroxylation is 2. The van der Waals surface area contributed by atoms with Crippen LogP contribution < -0.4 is 14.6 Å². The summed E-state index contributed by atoms with van der Waals surface area (Å²) in [5.74, 6) is 1.83. The van der Waals surface area contributed by atoms with Gasteiger partial charge in [0.25, 0.3) is 0 Å². The van der Waals surface area contributed by atoms with E-state index in [0.717, 1.165) is 35.2 Å². The van der Waals surface area contributed by atoms with E-state index in [1.165, 1.54) is 79.2 Å². The van der Waals surface area contributed by atoms with Crippen molar-refractivity contribution in [3.8, 4) is 11.5 Å². The molecule has 0 heterocycles. The smallest absolute Gasteiger partial charge is 0.496 e. The van der Waals surface area contributed by atoms with E-state index in [0.29, 0.717) is 6.42 Å². The zero-order valence-electron chi connectivity index (χ0n) is 25.1. The summed E-state index contributed by atoms with van der Waals surface area (Å²) in [6.45, 7) is 9.18. The van der Waals surface area contributed by atoms with Crippen LogP contribution in [0.5, 0.6) is 11.5 Å². The molecule has 0 spiro atoms. The average molecular weight is 558 g/mol. The van der Waals surface area contributed by atoms with Crippen LogP contribution in [0.1, 0.15) is 111 Å². The first-order valence-corrected chi connectivity index (χ1v) is 16.4. The van der Waals surface area contributed by atoms with Crippen molar-refractivity contribution in [2.45, 2.75) is 109 Å². The van der Waals surface area contributed by atoms with Crippen LogP contribution in [0.3, 0.4) is 0 Å². The number of hydrogen-bond donors (Lipinski definition) is 0. The standard InChI is InChI=1S/C36H46O3P/c1-26-21-28(33(38-5)31(23-26)35(3)17-11-7-12-18-35)25-29-22-27(2)24-32(36(4)19-13-8-14-20-36)34(29)39-40(37)30-15-9-6-10-16-30/h6,9-10,15-16,21-24H,7-8,11-14,17-20,25H2,1-5H3/q+1. The molecule has 212 valence electrons. The first-order valence-electron chi connectivity index (χ1n) is 15.2. The quantitative estimate of drug-likeness (QED) is 0.259. The van der Waals surface area contributed by atoms with Crippen LogP contribution in [-0.2, 0) is 21.8 Å². The molecule has 0 aromatic heterocycles. The Morgan fingerprint density at radius 3 is 1.68 bits per heavy atom. The molecule has 2 fully saturated rings. The average Bonchev–Trinajstić information content (AvgIpc) is 2.95. The highest BCUT2D eigenvalue weighted by Crippen LogP contribution is 2.49. The largest absolute Gasteiger partial charge is 0.597 e. The number of ether oxygens (including phenoxy) is 1. The molecule has 1 unspecified atom stereocenters. The fourth-order valence-electron chi connectivity index (χ4n) is 7.30. The van der Waals surface area contributed by atoms with Gasteiger partial charge in [0.2, 0.25) is 5.30 Å². The van der Waals surface area contributed by atoms with Crippen LogP contribution in [0.2, 0.25) is 0 Å². The van der Waals surface area contributed by atoms with E-state index in [4.69, 9.17) is 9.26 Å². The lowest BCUT2D eigenvalue weighted by Gasteiger charge is -2.36. The summed E-state index contributed by atoms with van der Waals surface area (Å²) in [6.07, 6.45) is 12.9. The molecule has 3 nitrogen and oxygen atoms in total. The molecule has 2 saturated carbocycles. The maximum absolute atomic E-state index is 13.6. The molecule has 0 amide bonds. The molecule has 0 N–H and O–H groups in total. The topological polar surface area (TPSA) is 35.5 Å². The molecule has 1 atom stereocenters. The third kappa shape index (κ3) is 6.01. The van der Waals surface area contributed by atoms with Gasteiger partial charge in [-0.25, -0.2) is 4.52 Å². The minimum Gasteiger partial charge on any atom is -0.496 e. The van der Waals surface area contributed by atoms with Gasteiger partial charge < -0.3 is 4.74 Å². The summed E-state index contributed by atoms with van der Waals surface area (Å²) in [4.78, 5) is 0. The highest BCUT2D eigenvalue weighted by Gasteiger charge is 2.37. The lowest BCUT2D eigenvalue weighted by molar-refractivity contribution is 0.303. The summed E-state index contributed by atoms with van der Waals surface area (Å²) < 4.78 is 26.4. The molecular weight excluding hydrogens is 511 g/mol. The predicted molar refractivity (Wildman–Crippen MR) is 167 cm³/mol. The van der Waals surface area contributed by atoms with Gasteiger partial charge in [-0.3, -0.25) is 0 Å². The number of methoxy groups -OCH3 is 1. The number of hydrogen-bond acceptors (Lipinski definition) is 3. The molecule has 5 rings (SSSR count). The maximum atomic E-state index is 13.6. The molecule has 0 bridgehead atoms. The Morgan fingerprint density at radius 1 is 0.700 bits per heavy atom. The summed E-state index contributed by atoms with van der Waals surface area (Å²) in [5, 5.41) is 0.726. The van der Waals surface area contributed by atoms with Crippen molar-refractivity contribution in [2.24, 2.45) is 0 Å². The second kappa shape index (κ2) is 12.1. The number of rotatable bonds is 8. The molecule has 40 heavy (non-hydrogen) atoms. The fraction of sp³-hybridized carbons (Fsp3) is 0.500. The summed E-state index contributed by atoms with van der Waals surface area (Å²) in [6, 6.07) is 18.8. The van der Waals surface area contributed by atoms with Crippen molar-refractivity contribution in [1.82, 2.24) is 0 Å². The molecule has 0 radical (unpaired) electrons. The number of benzene rings is 3. The highest BCUT2D eigenvalue weighted by molar-refractivity contribution is 7.48. The summed E-state index contributed by atoms with van der Waals surface area (Å²) >= 11 is 0. The van der Waals surface area contributed by atoms with Gasteiger partial charge >= 0.3 is 8.03 Å². The third-order valence-electron chi connectivity index (χ3n) is 9.56. The van der Waals surface area contributed by atoms with Gasteiger partial charge in [0, 0.05) is 23.1 Å². The van der Waals surface area contributed by atoms with Crippen molar-refractivity contribution < 1.29 is 13.8 Å².